The summed E-state index contributed by atoms with van der Waals surface area (Å²) in [5, 5.41) is 9.04. The number of aromatic nitrogens is 2. The van der Waals surface area contributed by atoms with Gasteiger partial charge in [-0.25, -0.2) is 0 Å². The van der Waals surface area contributed by atoms with Crippen LogP contribution in [-0.2, 0) is 27.1 Å². The van der Waals surface area contributed by atoms with Gasteiger partial charge in [-0.05, 0) is 24.3 Å². The van der Waals surface area contributed by atoms with Crippen LogP contribution < -0.4 is 5.84 Å². The van der Waals surface area contributed by atoms with Crippen molar-refractivity contribution in [3.8, 4) is 6.07 Å². The van der Waals surface area contributed by atoms with Crippen molar-refractivity contribution in [2.45, 2.75) is 48.6 Å². The SMILES string of the molecule is N#Cc1ccc([C@H]2[C@H](OP)[C@H](OP)[C@@H](COP)N2P)n1N.POC[C@@H]1[C@@H](OP)[C@@H](OP)[C@H](c2ccc[nH]2)N1P. The minimum Gasteiger partial charge on any atom is -0.364 e. The highest BCUT2D eigenvalue weighted by Crippen LogP contribution is 2.45. The summed E-state index contributed by atoms with van der Waals surface area (Å²) in [6, 6.07) is 9.53. The Hall–Kier alpha value is 0.970. The molecule has 2 aromatic rings. The van der Waals surface area contributed by atoms with E-state index in [0.717, 1.165) is 11.4 Å². The van der Waals surface area contributed by atoms with Crippen LogP contribution in [0, 0.1) is 11.3 Å². The average Bonchev–Trinajstić information content (AvgIpc) is 3.70. The van der Waals surface area contributed by atoms with Crippen LogP contribution >= 0.6 is 75.6 Å². The predicted octanol–water partition coefficient (Wildman–Crippen LogP) is 2.43. The molecule has 2 aromatic heterocycles. The Bertz CT molecular complexity index is 1070. The molecule has 0 aliphatic carbocycles. The van der Waals surface area contributed by atoms with E-state index in [2.05, 4.69) is 91.3 Å². The van der Waals surface area contributed by atoms with Gasteiger partial charge in [0.15, 0.2) is 0 Å². The van der Waals surface area contributed by atoms with Gasteiger partial charge in [0.1, 0.15) is 36.2 Å². The molecule has 4 heterocycles. The molecule has 3 N–H and O–H groups in total. The van der Waals surface area contributed by atoms with Gasteiger partial charge in [0.25, 0.3) is 0 Å². The van der Waals surface area contributed by atoms with E-state index in [1.807, 2.05) is 29.1 Å². The second kappa shape index (κ2) is 16.7. The van der Waals surface area contributed by atoms with Crippen LogP contribution in [0.15, 0.2) is 30.5 Å². The van der Waals surface area contributed by atoms with Crippen molar-refractivity contribution in [1.82, 2.24) is 19.0 Å². The number of hydrogen-bond donors (Lipinski definition) is 2. The fourth-order valence-corrected chi connectivity index (χ4v) is 7.91. The summed E-state index contributed by atoms with van der Waals surface area (Å²) in [7, 11) is 19.1. The molecule has 39 heavy (non-hydrogen) atoms. The molecular weight excluding hydrogens is 656 g/mol. The van der Waals surface area contributed by atoms with Crippen LogP contribution in [-0.4, -0.2) is 68.7 Å². The topological polar surface area (TPSA) is 132 Å². The van der Waals surface area contributed by atoms with Crippen LogP contribution in [0.25, 0.3) is 0 Å². The maximum Gasteiger partial charge on any atom is 0.139 e. The molecule has 0 amide bonds. The first-order valence-electron chi connectivity index (χ1n) is 11.5. The van der Waals surface area contributed by atoms with E-state index in [1.165, 1.54) is 4.68 Å². The molecule has 20 heteroatoms. The zero-order valence-electron chi connectivity index (χ0n) is 20.9. The highest BCUT2D eigenvalue weighted by atomic mass is 31.0. The first-order valence-corrected chi connectivity index (χ1v) is 15.3. The molecule has 218 valence electrons. The zero-order valence-corrected chi connectivity index (χ0v) is 30.1. The molecule has 12 nitrogen and oxygen atoms in total. The number of nitrogens with one attached hydrogen (secondary N) is 1. The number of H-pyrrole nitrogens is 1. The van der Waals surface area contributed by atoms with Crippen LogP contribution in [0.2, 0.25) is 0 Å². The van der Waals surface area contributed by atoms with E-state index in [0.29, 0.717) is 18.9 Å². The smallest absolute Gasteiger partial charge is 0.139 e. The Kier molecular flexibility index (Phi) is 14.8. The highest BCUT2D eigenvalue weighted by molar-refractivity contribution is 7.13. The molecule has 2 aliphatic rings. The first-order chi connectivity index (χ1) is 18.8. The van der Waals surface area contributed by atoms with Crippen LogP contribution in [0.5, 0.6) is 0 Å². The molecule has 16 atom stereocenters. The normalized spacial score (nSPS) is 31.3. The van der Waals surface area contributed by atoms with Gasteiger partial charge in [0.2, 0.25) is 0 Å². The van der Waals surface area contributed by atoms with Gasteiger partial charge in [-0.15, -0.1) is 0 Å². The average molecular weight is 692 g/mol. The molecule has 2 fully saturated rings. The summed E-state index contributed by atoms with van der Waals surface area (Å²) in [6.45, 7) is 1.000. The molecule has 0 radical (unpaired) electrons. The summed E-state index contributed by atoms with van der Waals surface area (Å²) in [4.78, 5) is 3.23. The number of aromatic amines is 1. The molecule has 8 unspecified atom stereocenters. The Labute approximate surface area is 247 Å². The largest absolute Gasteiger partial charge is 0.364 e. The Morgan fingerprint density at radius 3 is 1.72 bits per heavy atom. The minimum absolute atomic E-state index is 0.0408. The maximum atomic E-state index is 9.04. The van der Waals surface area contributed by atoms with Gasteiger partial charge in [0.05, 0.1) is 43.1 Å². The predicted molar refractivity (Wildman–Crippen MR) is 176 cm³/mol. The molecule has 0 aromatic carbocycles. The number of rotatable bonds is 10. The van der Waals surface area contributed by atoms with E-state index in [1.54, 1.807) is 6.07 Å². The lowest BCUT2D eigenvalue weighted by Gasteiger charge is -2.26. The monoisotopic (exact) mass is 692 g/mol. The molecule has 2 aliphatic heterocycles. The van der Waals surface area contributed by atoms with Gasteiger partial charge < -0.3 is 38.0 Å². The third kappa shape index (κ3) is 7.38. The lowest BCUT2D eigenvalue weighted by Crippen LogP contribution is -2.35. The van der Waals surface area contributed by atoms with Crippen LogP contribution in [0.3, 0.4) is 0 Å². The standard InChI is InChI=1S/C10H18N4O3P4.C9H18N2O3P4/c11-3-5-1-2-6(13(5)12)8-10(17-21)9(16-20)7(4-15-19)14(8)18;15-11-6(4-12-16)8(13-17)9(14-18)7(11)5-2-1-3-10-5/h1-2,7-10H,4,12,18-21H2;1-3,6-10H,4,15-18H2/t7-,8+,9-,10+;6-,7+,8-,9+/m11/s1. The second-order valence-corrected chi connectivity index (χ2v) is 11.7. The van der Waals surface area contributed by atoms with Gasteiger partial charge in [-0.2, -0.15) is 5.26 Å². The molecule has 0 spiro atoms. The van der Waals surface area contributed by atoms with Crippen molar-refractivity contribution in [2.75, 3.05) is 19.1 Å². The van der Waals surface area contributed by atoms with Crippen LogP contribution in [0.4, 0.5) is 0 Å². The summed E-state index contributed by atoms with van der Waals surface area (Å²) < 4.78 is 38.0. The van der Waals surface area contributed by atoms with E-state index in [9.17, 15) is 0 Å². The summed E-state index contributed by atoms with van der Waals surface area (Å²) in [5.41, 5.74) is 2.25. The van der Waals surface area contributed by atoms with E-state index in [4.69, 9.17) is 38.2 Å². The molecule has 2 saturated heterocycles. The number of nitrogens with zero attached hydrogens (tertiary/aromatic N) is 4. The molecule has 0 saturated carbocycles. The van der Waals surface area contributed by atoms with E-state index in [-0.39, 0.29) is 48.6 Å². The fraction of sp³-hybridized carbons (Fsp3) is 0.526. The minimum atomic E-state index is -0.279. The summed E-state index contributed by atoms with van der Waals surface area (Å²) >= 11 is 0. The lowest BCUT2D eigenvalue weighted by atomic mass is 10.1. The van der Waals surface area contributed by atoms with Crippen molar-refractivity contribution in [3.63, 3.8) is 0 Å². The number of nitriles is 1. The Morgan fingerprint density at radius 1 is 0.795 bits per heavy atom. The second-order valence-electron chi connectivity index (χ2n) is 8.74. The quantitative estimate of drug-likeness (QED) is 0.283. The molecule has 4 rings (SSSR count). The Balaban J connectivity index is 0.000000218. The molecular formula is C19H36N6O6P8. The first kappa shape index (κ1) is 34.5. The van der Waals surface area contributed by atoms with Gasteiger partial charge in [-0.1, -0.05) is 18.8 Å². The third-order valence-corrected chi connectivity index (χ3v) is 9.96. The molecule has 0 bridgehead atoms. The van der Waals surface area contributed by atoms with Gasteiger partial charge >= 0.3 is 0 Å². The highest BCUT2D eigenvalue weighted by Gasteiger charge is 2.51. The van der Waals surface area contributed by atoms with Gasteiger partial charge in [0, 0.05) is 68.7 Å². The van der Waals surface area contributed by atoms with Gasteiger partial charge in [-0.3, -0.25) is 14.0 Å². The van der Waals surface area contributed by atoms with Crippen molar-refractivity contribution < 1.29 is 27.1 Å². The maximum absolute atomic E-state index is 9.04. The lowest BCUT2D eigenvalue weighted by molar-refractivity contribution is 0.0806. The Morgan fingerprint density at radius 2 is 1.31 bits per heavy atom. The number of nitrogen functional groups attached to an aromatic ring is 1. The van der Waals surface area contributed by atoms with E-state index < -0.39 is 0 Å². The van der Waals surface area contributed by atoms with Crippen molar-refractivity contribution >= 4 is 75.6 Å². The summed E-state index contributed by atoms with van der Waals surface area (Å²) in [5.74, 6) is 5.99. The summed E-state index contributed by atoms with van der Waals surface area (Å²) in [6.07, 6.45) is 1.23. The van der Waals surface area contributed by atoms with E-state index >= 15 is 0 Å². The zero-order chi connectivity index (χ0) is 28.7. The van der Waals surface area contributed by atoms with Crippen molar-refractivity contribution in [3.05, 3.63) is 47.5 Å². The third-order valence-electron chi connectivity index (χ3n) is 6.91. The number of nitrogens with two attached hydrogens (primary N) is 1. The van der Waals surface area contributed by atoms with Crippen LogP contribution in [0.1, 0.15) is 29.2 Å². The fourth-order valence-electron chi connectivity index (χ4n) is 5.07. The van der Waals surface area contributed by atoms with Crippen molar-refractivity contribution in [2.24, 2.45) is 0 Å². The number of hydrogen-bond acceptors (Lipinski definition) is 10. The van der Waals surface area contributed by atoms with Crippen molar-refractivity contribution in [1.29, 1.82) is 5.26 Å².